The highest BCUT2D eigenvalue weighted by Crippen LogP contribution is 2.15. The Morgan fingerprint density at radius 1 is 1.11 bits per heavy atom. The predicted octanol–water partition coefficient (Wildman–Crippen LogP) is 0.531. The van der Waals surface area contributed by atoms with E-state index >= 15 is 0 Å². The SMILES string of the molecule is CCNC(=O)NC(=O)C(C)OC(=O)CCNS(=O)(=O)c1ccc(OCC)cc1. The molecule has 3 amide bonds. The summed E-state index contributed by atoms with van der Waals surface area (Å²) in [6.07, 6.45) is -1.48. The Morgan fingerprint density at radius 3 is 2.32 bits per heavy atom. The average Bonchev–Trinajstić information content (AvgIpc) is 2.62. The minimum Gasteiger partial charge on any atom is -0.494 e. The number of rotatable bonds is 10. The summed E-state index contributed by atoms with van der Waals surface area (Å²) in [6, 6.07) is 5.14. The molecule has 0 saturated heterocycles. The molecule has 0 spiro atoms. The maximum absolute atomic E-state index is 12.2. The van der Waals surface area contributed by atoms with Gasteiger partial charge in [0.2, 0.25) is 10.0 Å². The molecule has 0 aliphatic carbocycles. The molecule has 1 aromatic rings. The second-order valence-corrected chi connectivity index (χ2v) is 7.30. The number of esters is 1. The van der Waals surface area contributed by atoms with Gasteiger partial charge in [-0.15, -0.1) is 0 Å². The van der Waals surface area contributed by atoms with Crippen LogP contribution in [-0.2, 0) is 24.3 Å². The van der Waals surface area contributed by atoms with Crippen molar-refractivity contribution in [1.29, 1.82) is 0 Å². The van der Waals surface area contributed by atoms with Crippen molar-refractivity contribution in [1.82, 2.24) is 15.4 Å². The van der Waals surface area contributed by atoms with Crippen LogP contribution in [0.15, 0.2) is 29.2 Å². The third-order valence-corrected chi connectivity index (χ3v) is 4.79. The van der Waals surface area contributed by atoms with Gasteiger partial charge in [-0.05, 0) is 45.0 Å². The lowest BCUT2D eigenvalue weighted by molar-refractivity contribution is -0.154. The number of hydrogen-bond donors (Lipinski definition) is 3. The van der Waals surface area contributed by atoms with Gasteiger partial charge in [-0.1, -0.05) is 0 Å². The van der Waals surface area contributed by atoms with E-state index in [1.165, 1.54) is 31.2 Å². The van der Waals surface area contributed by atoms with Gasteiger partial charge in [-0.3, -0.25) is 14.9 Å². The number of benzene rings is 1. The number of ether oxygens (including phenoxy) is 2. The van der Waals surface area contributed by atoms with E-state index in [9.17, 15) is 22.8 Å². The molecular formula is C17H25N3O7S. The molecule has 0 fully saturated rings. The maximum atomic E-state index is 12.2. The Bertz CT molecular complexity index is 778. The molecule has 0 aliphatic rings. The summed E-state index contributed by atoms with van der Waals surface area (Å²) in [5.74, 6) is -1.02. The fourth-order valence-corrected chi connectivity index (χ4v) is 3.01. The first-order valence-corrected chi connectivity index (χ1v) is 10.2. The molecule has 1 unspecified atom stereocenters. The van der Waals surface area contributed by atoms with Gasteiger partial charge in [0.25, 0.3) is 5.91 Å². The molecule has 0 radical (unpaired) electrons. The third kappa shape index (κ3) is 7.92. The molecule has 0 aromatic heterocycles. The smallest absolute Gasteiger partial charge is 0.321 e. The Balaban J connectivity index is 2.45. The first-order valence-electron chi connectivity index (χ1n) is 8.70. The first kappa shape index (κ1) is 23.4. The lowest BCUT2D eigenvalue weighted by Gasteiger charge is -2.13. The summed E-state index contributed by atoms with van der Waals surface area (Å²) in [4.78, 5) is 34.7. The Morgan fingerprint density at radius 2 is 1.75 bits per heavy atom. The van der Waals surface area contributed by atoms with Crippen LogP contribution in [0.5, 0.6) is 5.75 Å². The van der Waals surface area contributed by atoms with Gasteiger partial charge in [0.05, 0.1) is 17.9 Å². The zero-order valence-electron chi connectivity index (χ0n) is 16.0. The molecule has 1 aromatic carbocycles. The van der Waals surface area contributed by atoms with Crippen LogP contribution in [-0.4, -0.2) is 52.1 Å². The number of hydrogen-bond acceptors (Lipinski definition) is 7. The van der Waals surface area contributed by atoms with E-state index in [2.05, 4.69) is 10.0 Å². The van der Waals surface area contributed by atoms with Crippen LogP contribution in [0, 0.1) is 0 Å². The maximum Gasteiger partial charge on any atom is 0.321 e. The summed E-state index contributed by atoms with van der Waals surface area (Å²) in [5.41, 5.74) is 0. The minimum atomic E-state index is -3.80. The molecule has 156 valence electrons. The van der Waals surface area contributed by atoms with E-state index in [1.54, 1.807) is 6.92 Å². The second kappa shape index (κ2) is 11.2. The van der Waals surface area contributed by atoms with Crippen molar-refractivity contribution in [3.05, 3.63) is 24.3 Å². The molecule has 0 aliphatic heterocycles. The van der Waals surface area contributed by atoms with Gasteiger partial charge in [-0.25, -0.2) is 17.9 Å². The molecule has 1 rings (SSSR count). The van der Waals surface area contributed by atoms with Crippen molar-refractivity contribution in [2.75, 3.05) is 19.7 Å². The Kier molecular flexibility index (Phi) is 9.39. The number of carbonyl (C=O) groups excluding carboxylic acids is 3. The largest absolute Gasteiger partial charge is 0.494 e. The van der Waals surface area contributed by atoms with Gasteiger partial charge < -0.3 is 14.8 Å². The lowest BCUT2D eigenvalue weighted by Crippen LogP contribution is -2.44. The van der Waals surface area contributed by atoms with E-state index in [-0.39, 0.29) is 17.9 Å². The van der Waals surface area contributed by atoms with E-state index in [0.29, 0.717) is 18.9 Å². The molecule has 1 atom stereocenters. The molecule has 28 heavy (non-hydrogen) atoms. The number of amides is 3. The molecule has 10 nitrogen and oxygen atoms in total. The van der Waals surface area contributed by atoms with Crippen molar-refractivity contribution >= 4 is 27.9 Å². The van der Waals surface area contributed by atoms with Crippen molar-refractivity contribution in [2.45, 2.75) is 38.2 Å². The van der Waals surface area contributed by atoms with Crippen LogP contribution in [0.3, 0.4) is 0 Å². The van der Waals surface area contributed by atoms with E-state index in [0.717, 1.165) is 0 Å². The fraction of sp³-hybridized carbons (Fsp3) is 0.471. The standard InChI is InChI=1S/C17H25N3O7S/c1-4-18-17(23)20-16(22)12(3)27-15(21)10-11-19-28(24,25)14-8-6-13(7-9-14)26-5-2/h6-9,12,19H,4-5,10-11H2,1-3H3,(H2,18,20,22,23). The molecule has 11 heteroatoms. The van der Waals surface area contributed by atoms with Gasteiger partial charge in [0, 0.05) is 13.1 Å². The van der Waals surface area contributed by atoms with Crippen molar-refractivity contribution in [3.63, 3.8) is 0 Å². The normalized spacial score (nSPS) is 12.0. The Hall–Kier alpha value is -2.66. The van der Waals surface area contributed by atoms with Gasteiger partial charge in [0.1, 0.15) is 5.75 Å². The molecule has 0 heterocycles. The zero-order valence-corrected chi connectivity index (χ0v) is 16.8. The van der Waals surface area contributed by atoms with Crippen LogP contribution >= 0.6 is 0 Å². The number of nitrogens with one attached hydrogen (secondary N) is 3. The van der Waals surface area contributed by atoms with Gasteiger partial charge in [-0.2, -0.15) is 0 Å². The molecule has 0 saturated carbocycles. The highest BCUT2D eigenvalue weighted by molar-refractivity contribution is 7.89. The molecule has 3 N–H and O–H groups in total. The van der Waals surface area contributed by atoms with E-state index in [4.69, 9.17) is 9.47 Å². The average molecular weight is 415 g/mol. The van der Waals surface area contributed by atoms with Gasteiger partial charge in [0.15, 0.2) is 6.10 Å². The topological polar surface area (TPSA) is 140 Å². The monoisotopic (exact) mass is 415 g/mol. The predicted molar refractivity (Wildman–Crippen MR) is 100 cm³/mol. The third-order valence-electron chi connectivity index (χ3n) is 3.32. The number of imide groups is 1. The van der Waals surface area contributed by atoms with Gasteiger partial charge >= 0.3 is 12.0 Å². The van der Waals surface area contributed by atoms with Crippen molar-refractivity contribution in [2.24, 2.45) is 0 Å². The van der Waals surface area contributed by atoms with Crippen LogP contribution in [0.25, 0.3) is 0 Å². The van der Waals surface area contributed by atoms with Crippen LogP contribution in [0.2, 0.25) is 0 Å². The van der Waals surface area contributed by atoms with Crippen molar-refractivity contribution in [3.8, 4) is 5.75 Å². The first-order chi connectivity index (χ1) is 13.2. The Labute approximate surface area is 164 Å². The fourth-order valence-electron chi connectivity index (χ4n) is 1.98. The summed E-state index contributed by atoms with van der Waals surface area (Å²) < 4.78 is 36.8. The summed E-state index contributed by atoms with van der Waals surface area (Å²) in [7, 11) is -3.80. The summed E-state index contributed by atoms with van der Waals surface area (Å²) >= 11 is 0. The quantitative estimate of drug-likeness (QED) is 0.474. The van der Waals surface area contributed by atoms with Crippen LogP contribution in [0.4, 0.5) is 4.79 Å². The van der Waals surface area contributed by atoms with Crippen LogP contribution in [0.1, 0.15) is 27.2 Å². The van der Waals surface area contributed by atoms with E-state index < -0.39 is 34.0 Å². The molecular weight excluding hydrogens is 390 g/mol. The second-order valence-electron chi connectivity index (χ2n) is 5.53. The number of carbonyl (C=O) groups is 3. The highest BCUT2D eigenvalue weighted by Gasteiger charge is 2.20. The van der Waals surface area contributed by atoms with E-state index in [1.807, 2.05) is 12.2 Å². The highest BCUT2D eigenvalue weighted by atomic mass is 32.2. The van der Waals surface area contributed by atoms with Crippen LogP contribution < -0.4 is 20.1 Å². The summed E-state index contributed by atoms with van der Waals surface area (Å²) in [6.45, 7) is 5.39. The zero-order chi connectivity index (χ0) is 21.2. The lowest BCUT2D eigenvalue weighted by atomic mass is 10.3. The van der Waals surface area contributed by atoms with Crippen molar-refractivity contribution < 1.29 is 32.3 Å². The number of sulfonamides is 1. The minimum absolute atomic E-state index is 0.0269. The number of urea groups is 1. The summed E-state index contributed by atoms with van der Waals surface area (Å²) in [5, 5.41) is 4.38. The molecule has 0 bridgehead atoms.